The number of anilines is 3. The fraction of sp³-hybridized carbons (Fsp3) is 0.200. The Labute approximate surface area is 178 Å². The second kappa shape index (κ2) is 9.31. The van der Waals surface area contributed by atoms with Gasteiger partial charge in [-0.2, -0.15) is 15.0 Å². The topological polar surface area (TPSA) is 120 Å². The Balaban J connectivity index is 1.53. The number of pyridine rings is 1. The molecule has 1 aromatic carbocycles. The first-order valence-electron chi connectivity index (χ1n) is 9.52. The van der Waals surface area contributed by atoms with Crippen LogP contribution in [0.5, 0.6) is 0 Å². The molecule has 0 aliphatic heterocycles. The number of nitrogen functional groups attached to an aromatic ring is 1. The van der Waals surface area contributed by atoms with Gasteiger partial charge in [-0.25, -0.2) is 0 Å². The molecule has 0 saturated heterocycles. The monoisotopic (exact) mass is 419 g/mol. The van der Waals surface area contributed by atoms with Gasteiger partial charge < -0.3 is 15.6 Å². The van der Waals surface area contributed by atoms with E-state index < -0.39 is 0 Å². The molecule has 9 nitrogen and oxygen atoms in total. The Hall–Kier alpha value is -3.53. The molecule has 0 fully saturated rings. The quantitative estimate of drug-likeness (QED) is 0.413. The molecule has 4 rings (SSSR count). The third-order valence-electron chi connectivity index (χ3n) is 4.16. The minimum Gasteiger partial charge on any atom is -0.368 e. The Morgan fingerprint density at radius 1 is 1.00 bits per heavy atom. The molecular weight excluding hydrogens is 398 g/mol. The van der Waals surface area contributed by atoms with Crippen LogP contribution in [0.2, 0.25) is 0 Å². The molecule has 0 aliphatic carbocycles. The number of aromatic nitrogens is 7. The summed E-state index contributed by atoms with van der Waals surface area (Å²) in [5, 5.41) is 12.7. The second-order valence-electron chi connectivity index (χ2n) is 6.41. The van der Waals surface area contributed by atoms with E-state index in [2.05, 4.69) is 46.9 Å². The molecule has 0 radical (unpaired) electrons. The van der Waals surface area contributed by atoms with Crippen molar-refractivity contribution in [2.24, 2.45) is 0 Å². The lowest BCUT2D eigenvalue weighted by molar-refractivity contribution is 0.626. The van der Waals surface area contributed by atoms with Crippen molar-refractivity contribution in [2.45, 2.75) is 30.8 Å². The molecule has 0 aliphatic rings. The number of hydrogen-bond acceptors (Lipinski definition) is 9. The molecule has 0 unspecified atom stereocenters. The van der Waals surface area contributed by atoms with Gasteiger partial charge in [-0.3, -0.25) is 4.98 Å². The van der Waals surface area contributed by atoms with Crippen LogP contribution in [0.4, 0.5) is 17.6 Å². The number of rotatable bonds is 8. The molecule has 3 N–H and O–H groups in total. The average Bonchev–Trinajstić information content (AvgIpc) is 3.16. The number of nitrogens with two attached hydrogens (primary N) is 1. The van der Waals surface area contributed by atoms with Gasteiger partial charge in [0.1, 0.15) is 5.82 Å². The molecule has 152 valence electrons. The summed E-state index contributed by atoms with van der Waals surface area (Å²) in [5.74, 6) is 2.48. The van der Waals surface area contributed by atoms with Crippen LogP contribution in [0.15, 0.2) is 60.0 Å². The maximum atomic E-state index is 5.89. The molecule has 3 heterocycles. The summed E-state index contributed by atoms with van der Waals surface area (Å²) in [6.45, 7) is 2.94. The van der Waals surface area contributed by atoms with E-state index in [1.165, 1.54) is 11.8 Å². The van der Waals surface area contributed by atoms with Crippen LogP contribution in [0.25, 0.3) is 11.4 Å². The number of benzene rings is 1. The predicted octanol–water partition coefficient (Wildman–Crippen LogP) is 3.55. The highest BCUT2D eigenvalue weighted by atomic mass is 32.2. The zero-order valence-corrected chi connectivity index (χ0v) is 17.3. The number of nitrogens with zero attached hydrogens (tertiary/aromatic N) is 7. The largest absolute Gasteiger partial charge is 0.368 e. The molecular formula is C20H21N9S. The highest BCUT2D eigenvalue weighted by Gasteiger charge is 2.15. The van der Waals surface area contributed by atoms with E-state index >= 15 is 0 Å². The van der Waals surface area contributed by atoms with Crippen LogP contribution in [-0.2, 0) is 12.3 Å². The zero-order chi connectivity index (χ0) is 20.8. The fourth-order valence-electron chi connectivity index (χ4n) is 2.87. The molecule has 10 heteroatoms. The van der Waals surface area contributed by atoms with E-state index in [0.717, 1.165) is 35.2 Å². The molecule has 0 amide bonds. The van der Waals surface area contributed by atoms with Gasteiger partial charge in [-0.15, -0.1) is 10.2 Å². The highest BCUT2D eigenvalue weighted by Crippen LogP contribution is 2.26. The lowest BCUT2D eigenvalue weighted by atomic mass is 10.2. The maximum Gasteiger partial charge on any atom is 0.232 e. The SMILES string of the molecule is CCCn1c(SCc2nc(N)nc(Nc3ccccc3)n2)nnc1-c1ccncc1. The van der Waals surface area contributed by atoms with Crippen molar-refractivity contribution in [3.63, 3.8) is 0 Å². The number of nitrogens with one attached hydrogen (secondary N) is 1. The van der Waals surface area contributed by atoms with Crippen LogP contribution >= 0.6 is 11.8 Å². The van der Waals surface area contributed by atoms with Crippen molar-refractivity contribution in [1.29, 1.82) is 0 Å². The molecule has 0 spiro atoms. The van der Waals surface area contributed by atoms with Gasteiger partial charge in [0.05, 0.1) is 5.75 Å². The minimum atomic E-state index is 0.173. The standard InChI is InChI=1S/C20H21N9S/c1-2-12-29-17(14-8-10-22-11-9-14)27-28-20(29)30-13-16-24-18(21)26-19(25-16)23-15-6-4-3-5-7-15/h3-11H,2,12-13H2,1H3,(H3,21,23,24,25,26). The van der Waals surface area contributed by atoms with E-state index in [9.17, 15) is 0 Å². The van der Waals surface area contributed by atoms with E-state index in [1.807, 2.05) is 42.5 Å². The zero-order valence-electron chi connectivity index (χ0n) is 16.4. The summed E-state index contributed by atoms with van der Waals surface area (Å²) in [4.78, 5) is 17.0. The first-order chi connectivity index (χ1) is 14.7. The molecule has 30 heavy (non-hydrogen) atoms. The summed E-state index contributed by atoms with van der Waals surface area (Å²) in [5.41, 5.74) is 7.75. The van der Waals surface area contributed by atoms with Crippen LogP contribution in [0.1, 0.15) is 19.2 Å². The van der Waals surface area contributed by atoms with Gasteiger partial charge in [0, 0.05) is 30.2 Å². The van der Waals surface area contributed by atoms with Crippen molar-refractivity contribution in [3.05, 3.63) is 60.7 Å². The van der Waals surface area contributed by atoms with Crippen LogP contribution < -0.4 is 11.1 Å². The normalized spacial score (nSPS) is 10.8. The predicted molar refractivity (Wildman–Crippen MR) is 117 cm³/mol. The van der Waals surface area contributed by atoms with Crippen molar-refractivity contribution >= 4 is 29.3 Å². The van der Waals surface area contributed by atoms with Crippen LogP contribution in [0.3, 0.4) is 0 Å². The molecule has 0 bridgehead atoms. The van der Waals surface area contributed by atoms with Crippen molar-refractivity contribution < 1.29 is 0 Å². The maximum absolute atomic E-state index is 5.89. The summed E-state index contributed by atoms with van der Waals surface area (Å²) >= 11 is 1.52. The molecule has 0 atom stereocenters. The van der Waals surface area contributed by atoms with E-state index in [0.29, 0.717) is 17.5 Å². The summed E-state index contributed by atoms with van der Waals surface area (Å²) in [7, 11) is 0. The minimum absolute atomic E-state index is 0.173. The molecule has 4 aromatic rings. The lowest BCUT2D eigenvalue weighted by Crippen LogP contribution is -2.07. The van der Waals surface area contributed by atoms with Gasteiger partial charge >= 0.3 is 0 Å². The Morgan fingerprint density at radius 3 is 2.57 bits per heavy atom. The Kier molecular flexibility index (Phi) is 6.14. The van der Waals surface area contributed by atoms with Crippen molar-refractivity contribution in [1.82, 2.24) is 34.7 Å². The summed E-state index contributed by atoms with van der Waals surface area (Å²) in [6.07, 6.45) is 4.47. The first kappa shape index (κ1) is 19.8. The van der Waals surface area contributed by atoms with Crippen molar-refractivity contribution in [2.75, 3.05) is 11.1 Å². The third-order valence-corrected chi connectivity index (χ3v) is 5.12. The lowest BCUT2D eigenvalue weighted by Gasteiger charge is -2.09. The Morgan fingerprint density at radius 2 is 1.80 bits per heavy atom. The smallest absolute Gasteiger partial charge is 0.232 e. The summed E-state index contributed by atoms with van der Waals surface area (Å²) < 4.78 is 2.10. The van der Waals surface area contributed by atoms with Gasteiger partial charge in [0.25, 0.3) is 0 Å². The van der Waals surface area contributed by atoms with Crippen LogP contribution in [-0.4, -0.2) is 34.7 Å². The van der Waals surface area contributed by atoms with E-state index in [4.69, 9.17) is 5.73 Å². The van der Waals surface area contributed by atoms with Gasteiger partial charge in [-0.05, 0) is 30.7 Å². The van der Waals surface area contributed by atoms with Gasteiger partial charge in [0.15, 0.2) is 11.0 Å². The van der Waals surface area contributed by atoms with E-state index in [1.54, 1.807) is 12.4 Å². The fourth-order valence-corrected chi connectivity index (χ4v) is 3.69. The first-order valence-corrected chi connectivity index (χ1v) is 10.5. The van der Waals surface area contributed by atoms with Gasteiger partial charge in [-0.1, -0.05) is 36.9 Å². The summed E-state index contributed by atoms with van der Waals surface area (Å²) in [6, 6.07) is 13.5. The highest BCUT2D eigenvalue weighted by molar-refractivity contribution is 7.98. The van der Waals surface area contributed by atoms with E-state index in [-0.39, 0.29) is 5.95 Å². The number of hydrogen-bond donors (Lipinski definition) is 2. The third kappa shape index (κ3) is 4.71. The molecule has 3 aromatic heterocycles. The Bertz CT molecular complexity index is 1100. The van der Waals surface area contributed by atoms with Crippen LogP contribution in [0, 0.1) is 0 Å². The van der Waals surface area contributed by atoms with Crippen molar-refractivity contribution in [3.8, 4) is 11.4 Å². The number of thioether (sulfide) groups is 1. The average molecular weight is 420 g/mol. The van der Waals surface area contributed by atoms with Gasteiger partial charge in [0.2, 0.25) is 11.9 Å². The molecule has 0 saturated carbocycles. The number of para-hydroxylation sites is 1. The second-order valence-corrected chi connectivity index (χ2v) is 7.35.